The molecule has 114 valence electrons. The van der Waals surface area contributed by atoms with Gasteiger partial charge >= 0.3 is 0 Å². The molecule has 0 saturated heterocycles. The fraction of sp³-hybridized carbons (Fsp3) is 0.556. The van der Waals surface area contributed by atoms with Crippen molar-refractivity contribution in [1.29, 1.82) is 0 Å². The van der Waals surface area contributed by atoms with E-state index in [1.165, 1.54) is 12.0 Å². The van der Waals surface area contributed by atoms with Crippen LogP contribution in [-0.4, -0.2) is 11.6 Å². The molecule has 1 amide bonds. The standard InChI is InChI=1S/C18H26N2O/c1-12-6-7-16(14(3)8-12)17(21)20-19-15-9-13(2)10-18(4,5)11-15/h6-8,13H,9-11H2,1-5H3,(H,20,21)/b19-15-. The molecule has 0 radical (unpaired) electrons. The van der Waals surface area contributed by atoms with E-state index in [0.717, 1.165) is 24.1 Å². The molecule has 0 aliphatic heterocycles. The van der Waals surface area contributed by atoms with E-state index < -0.39 is 0 Å². The molecule has 21 heavy (non-hydrogen) atoms. The molecule has 1 aromatic rings. The third kappa shape index (κ3) is 4.16. The molecule has 1 aliphatic rings. The molecule has 0 spiro atoms. The molecule has 0 bridgehead atoms. The maximum Gasteiger partial charge on any atom is 0.271 e. The van der Waals surface area contributed by atoms with E-state index >= 15 is 0 Å². The second-order valence-electron chi connectivity index (χ2n) is 7.29. The Morgan fingerprint density at radius 3 is 2.67 bits per heavy atom. The highest BCUT2D eigenvalue weighted by molar-refractivity contribution is 5.97. The van der Waals surface area contributed by atoms with Crippen LogP contribution < -0.4 is 5.43 Å². The van der Waals surface area contributed by atoms with Crippen molar-refractivity contribution in [1.82, 2.24) is 5.43 Å². The number of benzene rings is 1. The lowest BCUT2D eigenvalue weighted by atomic mass is 9.72. The summed E-state index contributed by atoms with van der Waals surface area (Å²) in [6.07, 6.45) is 3.16. The summed E-state index contributed by atoms with van der Waals surface area (Å²) < 4.78 is 0. The van der Waals surface area contributed by atoms with Crippen molar-refractivity contribution < 1.29 is 4.79 Å². The normalized spacial score (nSPS) is 23.1. The van der Waals surface area contributed by atoms with E-state index in [1.807, 2.05) is 32.0 Å². The number of nitrogens with one attached hydrogen (secondary N) is 1. The number of hydrogen-bond donors (Lipinski definition) is 1. The smallest absolute Gasteiger partial charge is 0.267 e. The van der Waals surface area contributed by atoms with E-state index in [-0.39, 0.29) is 11.3 Å². The van der Waals surface area contributed by atoms with Crippen LogP contribution in [0.15, 0.2) is 23.3 Å². The van der Waals surface area contributed by atoms with Crippen LogP contribution in [0, 0.1) is 25.2 Å². The highest BCUT2D eigenvalue weighted by Crippen LogP contribution is 2.36. The number of amides is 1. The van der Waals surface area contributed by atoms with Crippen LogP contribution in [0.4, 0.5) is 0 Å². The van der Waals surface area contributed by atoms with Gasteiger partial charge < -0.3 is 0 Å². The molecule has 2 rings (SSSR count). The highest BCUT2D eigenvalue weighted by Gasteiger charge is 2.29. The minimum Gasteiger partial charge on any atom is -0.267 e. The largest absolute Gasteiger partial charge is 0.271 e. The minimum absolute atomic E-state index is 0.115. The summed E-state index contributed by atoms with van der Waals surface area (Å²) in [4.78, 5) is 12.2. The Bertz CT molecular complexity index is 573. The van der Waals surface area contributed by atoms with Crippen molar-refractivity contribution in [2.24, 2.45) is 16.4 Å². The Hall–Kier alpha value is -1.64. The lowest BCUT2D eigenvalue weighted by Gasteiger charge is -2.34. The lowest BCUT2D eigenvalue weighted by molar-refractivity contribution is 0.0953. The zero-order valence-corrected chi connectivity index (χ0v) is 13.8. The van der Waals surface area contributed by atoms with Gasteiger partial charge in [-0.2, -0.15) is 5.10 Å². The summed E-state index contributed by atoms with van der Waals surface area (Å²) in [5.74, 6) is 0.515. The van der Waals surface area contributed by atoms with Crippen LogP contribution in [0.25, 0.3) is 0 Å². The molecular weight excluding hydrogens is 260 g/mol. The molecule has 1 unspecified atom stereocenters. The third-order valence-corrected chi connectivity index (χ3v) is 4.11. The fourth-order valence-electron chi connectivity index (χ4n) is 3.46. The summed E-state index contributed by atoms with van der Waals surface area (Å²) in [5, 5.41) is 4.39. The van der Waals surface area contributed by atoms with Gasteiger partial charge in [0.2, 0.25) is 0 Å². The molecule has 1 N–H and O–H groups in total. The van der Waals surface area contributed by atoms with Gasteiger partial charge in [0.05, 0.1) is 0 Å². The zero-order chi connectivity index (χ0) is 15.6. The first-order chi connectivity index (χ1) is 9.77. The number of carbonyl (C=O) groups is 1. The Kier molecular flexibility index (Phi) is 4.50. The molecule has 1 aromatic carbocycles. The predicted molar refractivity (Wildman–Crippen MR) is 87.6 cm³/mol. The average Bonchev–Trinajstić information content (AvgIpc) is 2.33. The van der Waals surface area contributed by atoms with Crippen LogP contribution in [0.1, 0.15) is 61.5 Å². The first-order valence-corrected chi connectivity index (χ1v) is 7.70. The molecule has 1 saturated carbocycles. The monoisotopic (exact) mass is 286 g/mol. The first-order valence-electron chi connectivity index (χ1n) is 7.70. The summed E-state index contributed by atoms with van der Waals surface area (Å²) >= 11 is 0. The van der Waals surface area contributed by atoms with Gasteiger partial charge in [-0.05, 0) is 56.1 Å². The van der Waals surface area contributed by atoms with Crippen molar-refractivity contribution in [3.05, 3.63) is 34.9 Å². The van der Waals surface area contributed by atoms with Crippen LogP contribution >= 0.6 is 0 Å². The summed E-state index contributed by atoms with van der Waals surface area (Å²) in [5.41, 5.74) is 6.98. The van der Waals surface area contributed by atoms with Gasteiger partial charge in [-0.25, -0.2) is 5.43 Å². The van der Waals surface area contributed by atoms with E-state index in [2.05, 4.69) is 31.3 Å². The van der Waals surface area contributed by atoms with Gasteiger partial charge in [0.25, 0.3) is 5.91 Å². The Balaban J connectivity index is 2.08. The van der Waals surface area contributed by atoms with Gasteiger partial charge in [0.1, 0.15) is 0 Å². The third-order valence-electron chi connectivity index (χ3n) is 4.11. The van der Waals surface area contributed by atoms with Gasteiger partial charge in [-0.1, -0.05) is 38.5 Å². The Morgan fingerprint density at radius 2 is 2.05 bits per heavy atom. The van der Waals surface area contributed by atoms with Crippen LogP contribution in [-0.2, 0) is 0 Å². The van der Waals surface area contributed by atoms with Crippen LogP contribution in [0.3, 0.4) is 0 Å². The molecule has 1 fully saturated rings. The zero-order valence-electron chi connectivity index (χ0n) is 13.8. The molecule has 1 atom stereocenters. The number of rotatable bonds is 2. The maximum atomic E-state index is 12.2. The minimum atomic E-state index is -0.115. The second kappa shape index (κ2) is 6.00. The van der Waals surface area contributed by atoms with Gasteiger partial charge in [-0.15, -0.1) is 0 Å². The van der Waals surface area contributed by atoms with E-state index in [9.17, 15) is 4.79 Å². The SMILES string of the molecule is Cc1ccc(C(=O)N/N=C2/CC(C)CC(C)(C)C2)c(C)c1. The van der Waals surface area contributed by atoms with Crippen LogP contribution in [0.5, 0.6) is 0 Å². The van der Waals surface area contributed by atoms with Crippen molar-refractivity contribution in [3.8, 4) is 0 Å². The lowest BCUT2D eigenvalue weighted by Crippen LogP contribution is -2.30. The number of carbonyl (C=O) groups excluding carboxylic acids is 1. The maximum absolute atomic E-state index is 12.2. The first kappa shape index (κ1) is 15.7. The molecule has 0 aromatic heterocycles. The van der Waals surface area contributed by atoms with Gasteiger partial charge in [-0.3, -0.25) is 4.79 Å². The highest BCUT2D eigenvalue weighted by atomic mass is 16.2. The quantitative estimate of drug-likeness (QED) is 0.812. The van der Waals surface area contributed by atoms with E-state index in [0.29, 0.717) is 11.5 Å². The summed E-state index contributed by atoms with van der Waals surface area (Å²) in [6.45, 7) is 10.8. The van der Waals surface area contributed by atoms with E-state index in [4.69, 9.17) is 0 Å². The topological polar surface area (TPSA) is 41.5 Å². The number of hydrogen-bond acceptors (Lipinski definition) is 2. The van der Waals surface area contributed by atoms with Crippen LogP contribution in [0.2, 0.25) is 0 Å². The molecular formula is C18H26N2O. The van der Waals surface area contributed by atoms with Gasteiger partial charge in [0.15, 0.2) is 0 Å². The Labute approximate surface area is 127 Å². The Morgan fingerprint density at radius 1 is 1.33 bits per heavy atom. The average molecular weight is 286 g/mol. The van der Waals surface area contributed by atoms with E-state index in [1.54, 1.807) is 0 Å². The number of nitrogens with zero attached hydrogens (tertiary/aromatic N) is 1. The van der Waals surface area contributed by atoms with Crippen molar-refractivity contribution in [3.63, 3.8) is 0 Å². The van der Waals surface area contributed by atoms with Crippen molar-refractivity contribution in [2.45, 2.75) is 53.9 Å². The second-order valence-corrected chi connectivity index (χ2v) is 7.29. The van der Waals surface area contributed by atoms with Crippen molar-refractivity contribution >= 4 is 11.6 Å². The molecule has 3 heteroatoms. The predicted octanol–water partition coefficient (Wildman–Crippen LogP) is 4.24. The number of aryl methyl sites for hydroxylation is 2. The number of hydrazone groups is 1. The summed E-state index contributed by atoms with van der Waals surface area (Å²) in [6, 6.07) is 5.85. The molecule has 1 aliphatic carbocycles. The fourth-order valence-corrected chi connectivity index (χ4v) is 3.46. The van der Waals surface area contributed by atoms with Gasteiger partial charge in [0, 0.05) is 11.3 Å². The molecule has 0 heterocycles. The summed E-state index contributed by atoms with van der Waals surface area (Å²) in [7, 11) is 0. The molecule has 3 nitrogen and oxygen atoms in total. The van der Waals surface area contributed by atoms with Crippen molar-refractivity contribution in [2.75, 3.05) is 0 Å².